The number of nitrogens with zero attached hydrogens (tertiary/aromatic N) is 4. The summed E-state index contributed by atoms with van der Waals surface area (Å²) >= 11 is 6.02. The maximum atomic E-state index is 11.7. The zero-order valence-electron chi connectivity index (χ0n) is 11.2. The van der Waals surface area contributed by atoms with E-state index in [2.05, 4.69) is 9.36 Å². The molecule has 0 atom stereocenters. The molecule has 1 aromatic rings. The lowest BCUT2D eigenvalue weighted by Gasteiger charge is -2.06. The van der Waals surface area contributed by atoms with E-state index in [1.165, 1.54) is 18.6 Å². The summed E-state index contributed by atoms with van der Waals surface area (Å²) in [6.45, 7) is 0. The smallest absolute Gasteiger partial charge is 0.103 e. The van der Waals surface area contributed by atoms with Crippen LogP contribution in [0.3, 0.4) is 0 Å². The van der Waals surface area contributed by atoms with E-state index < -0.39 is 9.73 Å². The van der Waals surface area contributed by atoms with Gasteiger partial charge in [-0.05, 0) is 12.1 Å². The highest BCUT2D eigenvalue weighted by Crippen LogP contribution is 2.32. The molecule has 1 aromatic carbocycles. The van der Waals surface area contributed by atoms with Gasteiger partial charge in [0.25, 0.3) is 0 Å². The van der Waals surface area contributed by atoms with Crippen molar-refractivity contribution in [2.24, 2.45) is 9.36 Å². The van der Waals surface area contributed by atoms with Crippen molar-refractivity contribution in [3.8, 4) is 6.07 Å². The molecule has 0 unspecified atom stereocenters. The van der Waals surface area contributed by atoms with Crippen LogP contribution >= 0.6 is 11.6 Å². The molecule has 5 nitrogen and oxygen atoms in total. The highest BCUT2D eigenvalue weighted by atomic mass is 35.5. The Balaban J connectivity index is 3.44. The van der Waals surface area contributed by atoms with Crippen LogP contribution in [-0.2, 0) is 9.73 Å². The van der Waals surface area contributed by atoms with Crippen molar-refractivity contribution >= 4 is 39.0 Å². The van der Waals surface area contributed by atoms with Crippen molar-refractivity contribution in [2.45, 2.75) is 0 Å². The Morgan fingerprint density at radius 1 is 1.42 bits per heavy atom. The highest BCUT2D eigenvalue weighted by Gasteiger charge is 2.09. The number of hydrogen-bond donors (Lipinski definition) is 0. The van der Waals surface area contributed by atoms with Crippen LogP contribution in [0.15, 0.2) is 21.5 Å². The van der Waals surface area contributed by atoms with E-state index in [1.54, 1.807) is 17.3 Å². The molecule has 0 amide bonds. The Morgan fingerprint density at radius 3 is 2.53 bits per heavy atom. The van der Waals surface area contributed by atoms with Gasteiger partial charge in [-0.3, -0.25) is 0 Å². The normalized spacial score (nSPS) is 11.4. The van der Waals surface area contributed by atoms with Gasteiger partial charge in [0.15, 0.2) is 0 Å². The minimum atomic E-state index is -2.29. The Labute approximate surface area is 118 Å². The van der Waals surface area contributed by atoms with Crippen molar-refractivity contribution in [1.82, 2.24) is 4.90 Å². The first-order chi connectivity index (χ1) is 8.73. The lowest BCUT2D eigenvalue weighted by Crippen LogP contribution is -2.07. The molecule has 19 heavy (non-hydrogen) atoms. The second-order valence-electron chi connectivity index (χ2n) is 4.41. The van der Waals surface area contributed by atoms with Crippen LogP contribution in [0.1, 0.15) is 5.56 Å². The van der Waals surface area contributed by atoms with Gasteiger partial charge in [-0.1, -0.05) is 11.6 Å². The molecule has 0 radical (unpaired) electrons. The van der Waals surface area contributed by atoms with Gasteiger partial charge in [0.1, 0.15) is 6.07 Å². The maximum absolute atomic E-state index is 11.7. The highest BCUT2D eigenvalue weighted by molar-refractivity contribution is 7.92. The van der Waals surface area contributed by atoms with Crippen molar-refractivity contribution in [3.63, 3.8) is 0 Å². The van der Waals surface area contributed by atoms with Gasteiger partial charge >= 0.3 is 0 Å². The largest absolute Gasteiger partial charge is 0.369 e. The third kappa shape index (κ3) is 4.89. The standard InChI is InChI=1S/C12H15ClN4OS/c1-17(2)8-15-12-6-9(16-19(3,4)18)5-11(13)10(12)7-14/h5-6,8H,1-4H3/b15-8-. The third-order valence-electron chi connectivity index (χ3n) is 1.92. The molecule has 1 rings (SSSR count). The molecule has 0 saturated carbocycles. The zero-order chi connectivity index (χ0) is 14.6. The van der Waals surface area contributed by atoms with E-state index in [9.17, 15) is 4.21 Å². The average molecular weight is 299 g/mol. The van der Waals surface area contributed by atoms with Gasteiger partial charge in [-0.15, -0.1) is 0 Å². The SMILES string of the molecule is CN(C)/C=N\c1cc(N=S(C)(C)=O)cc(Cl)c1C#N. The van der Waals surface area contributed by atoms with Crippen LogP contribution in [0.25, 0.3) is 0 Å². The average Bonchev–Trinajstić information content (AvgIpc) is 2.23. The Hall–Kier alpha value is -1.58. The molecule has 0 aliphatic carbocycles. The molecule has 0 aliphatic rings. The first kappa shape index (κ1) is 15.5. The van der Waals surface area contributed by atoms with Crippen LogP contribution < -0.4 is 0 Å². The minimum absolute atomic E-state index is 0.248. The first-order valence-electron chi connectivity index (χ1n) is 5.34. The van der Waals surface area contributed by atoms with Crippen LogP contribution in [0.5, 0.6) is 0 Å². The Morgan fingerprint density at radius 2 is 2.05 bits per heavy atom. The molecule has 7 heteroatoms. The Kier molecular flexibility index (Phi) is 4.92. The third-order valence-corrected chi connectivity index (χ3v) is 2.87. The number of halogens is 1. The molecule has 0 aliphatic heterocycles. The fourth-order valence-corrected chi connectivity index (χ4v) is 2.14. The monoisotopic (exact) mass is 298 g/mol. The quantitative estimate of drug-likeness (QED) is 0.636. The van der Waals surface area contributed by atoms with Gasteiger partial charge in [0.05, 0.1) is 28.3 Å². The van der Waals surface area contributed by atoms with Crippen LogP contribution in [0.2, 0.25) is 5.02 Å². The van der Waals surface area contributed by atoms with Crippen molar-refractivity contribution in [1.29, 1.82) is 5.26 Å². The van der Waals surface area contributed by atoms with E-state index in [0.29, 0.717) is 11.4 Å². The van der Waals surface area contributed by atoms with E-state index in [0.717, 1.165) is 0 Å². The summed E-state index contributed by atoms with van der Waals surface area (Å²) in [5.74, 6) is 0. The van der Waals surface area contributed by atoms with E-state index in [1.807, 2.05) is 20.2 Å². The van der Waals surface area contributed by atoms with Gasteiger partial charge in [-0.25, -0.2) is 9.20 Å². The Bertz CT molecular complexity index is 659. The fourth-order valence-electron chi connectivity index (χ4n) is 1.27. The summed E-state index contributed by atoms with van der Waals surface area (Å²) in [6, 6.07) is 5.11. The number of rotatable bonds is 3. The van der Waals surface area contributed by atoms with Gasteiger partial charge < -0.3 is 4.90 Å². The second-order valence-corrected chi connectivity index (χ2v) is 7.37. The van der Waals surface area contributed by atoms with Crippen molar-refractivity contribution in [3.05, 3.63) is 22.7 Å². The van der Waals surface area contributed by atoms with E-state index >= 15 is 0 Å². The van der Waals surface area contributed by atoms with Crippen molar-refractivity contribution in [2.75, 3.05) is 26.6 Å². The first-order valence-corrected chi connectivity index (χ1v) is 8.05. The summed E-state index contributed by atoms with van der Waals surface area (Å²) in [5.41, 5.74) is 1.13. The summed E-state index contributed by atoms with van der Waals surface area (Å²) in [6.07, 6.45) is 4.62. The molecule has 0 fully saturated rings. The number of hydrogen-bond acceptors (Lipinski definition) is 4. The second kappa shape index (κ2) is 6.04. The van der Waals surface area contributed by atoms with Crippen LogP contribution in [0.4, 0.5) is 11.4 Å². The molecule has 0 saturated heterocycles. The van der Waals surface area contributed by atoms with Gasteiger partial charge in [-0.2, -0.15) is 9.62 Å². The van der Waals surface area contributed by atoms with Gasteiger partial charge in [0.2, 0.25) is 0 Å². The maximum Gasteiger partial charge on any atom is 0.103 e. The summed E-state index contributed by atoms with van der Waals surface area (Å²) in [7, 11) is 1.34. The molecular formula is C12H15ClN4OS. The number of aliphatic imine (C=N–C) groups is 1. The topological polar surface area (TPSA) is 68.8 Å². The lowest BCUT2D eigenvalue weighted by atomic mass is 10.2. The fraction of sp³-hybridized carbons (Fsp3) is 0.333. The molecule has 0 aromatic heterocycles. The summed E-state index contributed by atoms with van der Waals surface area (Å²) in [4.78, 5) is 5.91. The molecular weight excluding hydrogens is 284 g/mol. The predicted octanol–water partition coefficient (Wildman–Crippen LogP) is 2.79. The van der Waals surface area contributed by atoms with Crippen LogP contribution in [0, 0.1) is 11.3 Å². The molecule has 0 heterocycles. The van der Waals surface area contributed by atoms with Crippen molar-refractivity contribution < 1.29 is 4.21 Å². The van der Waals surface area contributed by atoms with Gasteiger partial charge in [0, 0.05) is 36.3 Å². The van der Waals surface area contributed by atoms with E-state index in [-0.39, 0.29) is 10.6 Å². The van der Waals surface area contributed by atoms with Crippen LogP contribution in [-0.4, -0.2) is 42.1 Å². The summed E-state index contributed by atoms with van der Waals surface area (Å²) in [5, 5.41) is 9.33. The number of nitriles is 1. The minimum Gasteiger partial charge on any atom is -0.369 e. The summed E-state index contributed by atoms with van der Waals surface area (Å²) < 4.78 is 15.7. The number of benzene rings is 1. The molecule has 102 valence electrons. The molecule has 0 spiro atoms. The zero-order valence-corrected chi connectivity index (χ0v) is 12.8. The predicted molar refractivity (Wildman–Crippen MR) is 80.1 cm³/mol. The molecule has 0 bridgehead atoms. The van der Waals surface area contributed by atoms with E-state index in [4.69, 9.17) is 16.9 Å². The molecule has 0 N–H and O–H groups in total. The lowest BCUT2D eigenvalue weighted by molar-refractivity contribution is 0.643.